The van der Waals surface area contributed by atoms with Crippen molar-refractivity contribution in [3.8, 4) is 44.0 Å². The molecule has 286 valence electrons. The monoisotopic (exact) mass is 812 g/mol. The Morgan fingerprint density at radius 1 is 0.311 bits per heavy atom. The number of hydrogen-bond acceptors (Lipinski definition) is 4. The molecule has 0 saturated carbocycles. The molecule has 0 aliphatic heterocycles. The molecule has 0 aliphatic rings. The quantitative estimate of drug-likeness (QED) is 0.159. The summed E-state index contributed by atoms with van der Waals surface area (Å²) in [6, 6.07) is 79.5. The lowest BCUT2D eigenvalue weighted by molar-refractivity contribution is 1.28. The first-order valence-corrected chi connectivity index (χ1v) is 22.2. The van der Waals surface area contributed by atoms with Crippen molar-refractivity contribution in [2.75, 3.05) is 4.90 Å². The number of fused-ring (bicyclic) bond motifs is 6. The fraction of sp³-hybridized carbons (Fsp3) is 0. The van der Waals surface area contributed by atoms with Crippen LogP contribution in [0.5, 0.6) is 0 Å². The third-order valence-corrected chi connectivity index (χ3v) is 14.1. The van der Waals surface area contributed by atoms with E-state index in [-0.39, 0.29) is 0 Å². The van der Waals surface area contributed by atoms with Gasteiger partial charge in [-0.25, -0.2) is 4.98 Å². The normalized spacial score (nSPS) is 11.6. The lowest BCUT2D eigenvalue weighted by atomic mass is 9.97. The average Bonchev–Trinajstić information content (AvgIpc) is 3.91. The Morgan fingerprint density at radius 3 is 1.77 bits per heavy atom. The molecule has 0 atom stereocenters. The summed E-state index contributed by atoms with van der Waals surface area (Å²) < 4.78 is 3.78. The summed E-state index contributed by atoms with van der Waals surface area (Å²) in [5, 5.41) is 8.65. The summed E-state index contributed by atoms with van der Waals surface area (Å²) >= 11 is 3.62. The van der Waals surface area contributed by atoms with Gasteiger partial charge in [-0.05, 0) is 116 Å². The second kappa shape index (κ2) is 14.7. The van der Waals surface area contributed by atoms with Crippen molar-refractivity contribution >= 4 is 91.7 Å². The van der Waals surface area contributed by atoms with Crippen LogP contribution >= 0.6 is 22.7 Å². The predicted molar refractivity (Wildman–Crippen MR) is 264 cm³/mol. The maximum atomic E-state index is 5.02. The minimum atomic E-state index is 1.06. The van der Waals surface area contributed by atoms with Gasteiger partial charge >= 0.3 is 0 Å². The zero-order valence-corrected chi connectivity index (χ0v) is 34.6. The first-order valence-electron chi connectivity index (χ1n) is 20.6. The van der Waals surface area contributed by atoms with E-state index in [0.717, 1.165) is 27.6 Å². The number of benzene rings is 10. The highest BCUT2D eigenvalue weighted by Gasteiger charge is 2.17. The maximum Gasteiger partial charge on any atom is 0.124 e. The predicted octanol–water partition coefficient (Wildman–Crippen LogP) is 17.1. The maximum absolute atomic E-state index is 5.02. The second-order valence-electron chi connectivity index (χ2n) is 15.6. The molecule has 0 unspecified atom stereocenters. The number of anilines is 3. The third-order valence-electron chi connectivity index (χ3n) is 11.9. The molecular formula is C57H36N2S2. The Hall–Kier alpha value is -7.37. The van der Waals surface area contributed by atoms with Crippen molar-refractivity contribution < 1.29 is 0 Å². The van der Waals surface area contributed by atoms with Crippen LogP contribution in [0.1, 0.15) is 0 Å². The topological polar surface area (TPSA) is 16.1 Å². The number of rotatable bonds is 7. The van der Waals surface area contributed by atoms with Crippen LogP contribution in [0.15, 0.2) is 218 Å². The number of thiazole rings is 1. The molecule has 0 N–H and O–H groups in total. The lowest BCUT2D eigenvalue weighted by Gasteiger charge is -2.26. The number of aromatic nitrogens is 1. The van der Waals surface area contributed by atoms with Gasteiger partial charge in [0, 0.05) is 42.8 Å². The summed E-state index contributed by atoms with van der Waals surface area (Å²) in [7, 11) is 0. The Balaban J connectivity index is 0.911. The molecule has 2 nitrogen and oxygen atoms in total. The van der Waals surface area contributed by atoms with Gasteiger partial charge in [0.15, 0.2) is 0 Å². The fourth-order valence-corrected chi connectivity index (χ4v) is 10.9. The van der Waals surface area contributed by atoms with E-state index in [1.807, 2.05) is 11.3 Å². The van der Waals surface area contributed by atoms with E-state index >= 15 is 0 Å². The van der Waals surface area contributed by atoms with Gasteiger partial charge in [-0.2, -0.15) is 0 Å². The fourth-order valence-electron chi connectivity index (χ4n) is 8.79. The molecule has 61 heavy (non-hydrogen) atoms. The molecule has 12 rings (SSSR count). The highest BCUT2D eigenvalue weighted by atomic mass is 32.1. The number of thiophene rings is 1. The van der Waals surface area contributed by atoms with Crippen LogP contribution in [-0.4, -0.2) is 4.98 Å². The van der Waals surface area contributed by atoms with Crippen molar-refractivity contribution in [1.82, 2.24) is 4.98 Å². The minimum Gasteiger partial charge on any atom is -0.310 e. The van der Waals surface area contributed by atoms with E-state index in [1.54, 1.807) is 11.3 Å². The molecule has 0 aliphatic carbocycles. The Kier molecular flexibility index (Phi) is 8.58. The SMILES string of the molecule is c1ccc(-c2nc3cc4sc5cc(-c6ccc(N(c7ccc(-c8cccc9ccccc89)cc7)c7cccc(-c8ccc9ccccc9c8)c7)cc6)ccc5c4cc3s2)cc1. The first-order chi connectivity index (χ1) is 30.2. The summed E-state index contributed by atoms with van der Waals surface area (Å²) in [4.78, 5) is 7.39. The average molecular weight is 813 g/mol. The summed E-state index contributed by atoms with van der Waals surface area (Å²) in [6.07, 6.45) is 0. The summed E-state index contributed by atoms with van der Waals surface area (Å²) in [5.74, 6) is 0. The lowest BCUT2D eigenvalue weighted by Crippen LogP contribution is -2.10. The Morgan fingerprint density at radius 2 is 0.934 bits per heavy atom. The molecule has 2 heterocycles. The highest BCUT2D eigenvalue weighted by Crippen LogP contribution is 2.43. The van der Waals surface area contributed by atoms with Gasteiger partial charge in [0.25, 0.3) is 0 Å². The standard InChI is InChI=1S/C57H36N2S2/c1-2-12-41(13-3-1)57-58-53-36-55-52(35-56(53)61-57)51-31-26-45(34-54(51)60-55)38-22-27-46(28-23-38)59(47-29-24-40(25-30-47)50-19-9-15-39-11-6-7-18-49(39)50)48-17-8-16-43(33-48)44-21-20-37-10-4-5-14-42(37)32-44/h1-36H. The van der Waals surface area contributed by atoms with Crippen molar-refractivity contribution in [1.29, 1.82) is 0 Å². The first kappa shape index (κ1) is 35.6. The second-order valence-corrected chi connectivity index (χ2v) is 17.7. The van der Waals surface area contributed by atoms with Crippen LogP contribution < -0.4 is 4.90 Å². The molecule has 2 aromatic heterocycles. The minimum absolute atomic E-state index is 1.06. The molecule has 0 radical (unpaired) electrons. The van der Waals surface area contributed by atoms with E-state index in [1.165, 1.54) is 85.4 Å². The number of hydrogen-bond donors (Lipinski definition) is 0. The Labute approximate surface area is 361 Å². The van der Waals surface area contributed by atoms with E-state index in [0.29, 0.717) is 0 Å². The van der Waals surface area contributed by atoms with Crippen LogP contribution in [0, 0.1) is 0 Å². The molecule has 0 saturated heterocycles. The molecule has 0 bridgehead atoms. The molecule has 0 amide bonds. The van der Waals surface area contributed by atoms with Crippen LogP contribution in [0.25, 0.3) is 95.9 Å². The van der Waals surface area contributed by atoms with Crippen molar-refractivity contribution in [2.45, 2.75) is 0 Å². The molecular weight excluding hydrogens is 777 g/mol. The summed E-state index contributed by atoms with van der Waals surface area (Å²) in [5.41, 5.74) is 12.8. The van der Waals surface area contributed by atoms with Crippen LogP contribution in [0.4, 0.5) is 17.1 Å². The van der Waals surface area contributed by atoms with Gasteiger partial charge in [0.2, 0.25) is 0 Å². The Bertz CT molecular complexity index is 3580. The van der Waals surface area contributed by atoms with Gasteiger partial charge in [0.1, 0.15) is 5.01 Å². The molecule has 0 fully saturated rings. The van der Waals surface area contributed by atoms with Crippen molar-refractivity contribution in [3.05, 3.63) is 218 Å². The smallest absolute Gasteiger partial charge is 0.124 e. The largest absolute Gasteiger partial charge is 0.310 e. The van der Waals surface area contributed by atoms with E-state index in [9.17, 15) is 0 Å². The zero-order valence-electron chi connectivity index (χ0n) is 33.0. The third kappa shape index (κ3) is 6.45. The van der Waals surface area contributed by atoms with Crippen molar-refractivity contribution in [2.24, 2.45) is 0 Å². The van der Waals surface area contributed by atoms with Gasteiger partial charge in [-0.3, -0.25) is 0 Å². The molecule has 12 aromatic rings. The van der Waals surface area contributed by atoms with Crippen molar-refractivity contribution in [3.63, 3.8) is 0 Å². The van der Waals surface area contributed by atoms with Crippen LogP contribution in [0.3, 0.4) is 0 Å². The summed E-state index contributed by atoms with van der Waals surface area (Å²) in [6.45, 7) is 0. The highest BCUT2D eigenvalue weighted by molar-refractivity contribution is 7.26. The van der Waals surface area contributed by atoms with Crippen LogP contribution in [0.2, 0.25) is 0 Å². The molecule has 4 heteroatoms. The van der Waals surface area contributed by atoms with Gasteiger partial charge in [0.05, 0.1) is 10.2 Å². The number of nitrogens with zero attached hydrogens (tertiary/aromatic N) is 2. The van der Waals surface area contributed by atoms with Gasteiger partial charge < -0.3 is 4.90 Å². The van der Waals surface area contributed by atoms with E-state index < -0.39 is 0 Å². The van der Waals surface area contributed by atoms with Gasteiger partial charge in [-0.1, -0.05) is 158 Å². The molecule has 0 spiro atoms. The van der Waals surface area contributed by atoms with Crippen LogP contribution in [-0.2, 0) is 0 Å². The molecule has 10 aromatic carbocycles. The van der Waals surface area contributed by atoms with Gasteiger partial charge in [-0.15, -0.1) is 22.7 Å². The zero-order chi connectivity index (χ0) is 40.3. The van der Waals surface area contributed by atoms with E-state index in [2.05, 4.69) is 223 Å². The van der Waals surface area contributed by atoms with E-state index in [4.69, 9.17) is 4.98 Å².